The van der Waals surface area contributed by atoms with E-state index >= 15 is 0 Å². The Balaban J connectivity index is 2.18. The number of hydrogen-bond donors (Lipinski definition) is 1. The lowest BCUT2D eigenvalue weighted by atomic mass is 9.98. The predicted octanol–water partition coefficient (Wildman–Crippen LogP) is 4.67. The SMILES string of the molecule is CC(=O)N(CC(=O)Nc1c(C)cccc1C(C)C)C(C)c1ccccc1. The van der Waals surface area contributed by atoms with E-state index in [0.717, 1.165) is 22.4 Å². The molecule has 2 aromatic carbocycles. The Hall–Kier alpha value is -2.62. The third-order valence-electron chi connectivity index (χ3n) is 4.66. The van der Waals surface area contributed by atoms with Crippen LogP contribution in [0.15, 0.2) is 48.5 Å². The highest BCUT2D eigenvalue weighted by Gasteiger charge is 2.22. The molecule has 138 valence electrons. The number of carbonyl (C=O) groups excluding carboxylic acids is 2. The molecule has 0 aliphatic heterocycles. The van der Waals surface area contributed by atoms with Crippen LogP contribution in [0.3, 0.4) is 0 Å². The van der Waals surface area contributed by atoms with Gasteiger partial charge >= 0.3 is 0 Å². The van der Waals surface area contributed by atoms with Crippen molar-refractivity contribution in [3.05, 3.63) is 65.2 Å². The van der Waals surface area contributed by atoms with Gasteiger partial charge in [-0.1, -0.05) is 62.4 Å². The van der Waals surface area contributed by atoms with Gasteiger partial charge in [0.25, 0.3) is 0 Å². The molecule has 2 rings (SSSR count). The number of amides is 2. The summed E-state index contributed by atoms with van der Waals surface area (Å²) >= 11 is 0. The van der Waals surface area contributed by atoms with E-state index in [1.54, 1.807) is 4.90 Å². The Morgan fingerprint density at radius 2 is 1.65 bits per heavy atom. The zero-order chi connectivity index (χ0) is 19.3. The van der Waals surface area contributed by atoms with Crippen LogP contribution < -0.4 is 5.32 Å². The summed E-state index contributed by atoms with van der Waals surface area (Å²) < 4.78 is 0. The number of aryl methyl sites for hydroxylation is 1. The van der Waals surface area contributed by atoms with Gasteiger partial charge in [-0.25, -0.2) is 0 Å². The lowest BCUT2D eigenvalue weighted by molar-refractivity contribution is -0.134. The average Bonchev–Trinajstić information content (AvgIpc) is 2.61. The van der Waals surface area contributed by atoms with Crippen molar-refractivity contribution in [1.82, 2.24) is 4.90 Å². The van der Waals surface area contributed by atoms with Crippen LogP contribution in [0, 0.1) is 6.92 Å². The minimum atomic E-state index is -0.181. The molecule has 0 radical (unpaired) electrons. The highest BCUT2D eigenvalue weighted by molar-refractivity contribution is 5.95. The molecule has 2 amide bonds. The molecule has 0 spiro atoms. The van der Waals surface area contributed by atoms with Gasteiger partial charge in [0.15, 0.2) is 0 Å². The molecular weight excluding hydrogens is 324 g/mol. The van der Waals surface area contributed by atoms with Crippen LogP contribution in [0.5, 0.6) is 0 Å². The van der Waals surface area contributed by atoms with Gasteiger partial charge in [-0.2, -0.15) is 0 Å². The molecule has 0 saturated carbocycles. The van der Waals surface area contributed by atoms with Crippen molar-refractivity contribution in [3.8, 4) is 0 Å². The Bertz CT molecular complexity index is 769. The van der Waals surface area contributed by atoms with E-state index in [-0.39, 0.29) is 24.4 Å². The van der Waals surface area contributed by atoms with Gasteiger partial charge < -0.3 is 10.2 Å². The molecule has 1 atom stereocenters. The van der Waals surface area contributed by atoms with Crippen molar-refractivity contribution in [1.29, 1.82) is 0 Å². The van der Waals surface area contributed by atoms with E-state index in [9.17, 15) is 9.59 Å². The molecule has 0 heterocycles. The van der Waals surface area contributed by atoms with Crippen molar-refractivity contribution in [3.63, 3.8) is 0 Å². The second-order valence-corrected chi connectivity index (χ2v) is 6.98. The van der Waals surface area contributed by atoms with Crippen LogP contribution in [0.25, 0.3) is 0 Å². The van der Waals surface area contributed by atoms with E-state index in [1.165, 1.54) is 6.92 Å². The molecule has 1 unspecified atom stereocenters. The summed E-state index contributed by atoms with van der Waals surface area (Å²) in [5, 5.41) is 3.02. The maximum atomic E-state index is 12.7. The summed E-state index contributed by atoms with van der Waals surface area (Å²) in [5.41, 5.74) is 3.98. The van der Waals surface area contributed by atoms with Gasteiger partial charge in [-0.3, -0.25) is 9.59 Å². The molecule has 0 fully saturated rings. The zero-order valence-electron chi connectivity index (χ0n) is 16.2. The third kappa shape index (κ3) is 4.72. The molecule has 0 saturated heterocycles. The number of hydrogen-bond acceptors (Lipinski definition) is 2. The lowest BCUT2D eigenvalue weighted by Crippen LogP contribution is -2.38. The molecule has 0 bridgehead atoms. The second-order valence-electron chi connectivity index (χ2n) is 6.98. The average molecular weight is 352 g/mol. The maximum Gasteiger partial charge on any atom is 0.244 e. The molecule has 4 nitrogen and oxygen atoms in total. The number of rotatable bonds is 6. The van der Waals surface area contributed by atoms with Crippen LogP contribution >= 0.6 is 0 Å². The molecule has 1 N–H and O–H groups in total. The first-order chi connectivity index (χ1) is 12.3. The molecule has 4 heteroatoms. The highest BCUT2D eigenvalue weighted by Crippen LogP contribution is 2.27. The van der Waals surface area contributed by atoms with Crippen LogP contribution in [-0.2, 0) is 9.59 Å². The first-order valence-corrected chi connectivity index (χ1v) is 9.02. The molecule has 0 aliphatic rings. The van der Waals surface area contributed by atoms with Gasteiger partial charge in [0.2, 0.25) is 11.8 Å². The molecule has 2 aromatic rings. The number of para-hydroxylation sites is 1. The fraction of sp³-hybridized carbons (Fsp3) is 0.364. The Morgan fingerprint density at radius 3 is 2.23 bits per heavy atom. The quantitative estimate of drug-likeness (QED) is 0.821. The van der Waals surface area contributed by atoms with Gasteiger partial charge in [-0.15, -0.1) is 0 Å². The van der Waals surface area contributed by atoms with Gasteiger partial charge in [0.05, 0.1) is 6.04 Å². The summed E-state index contributed by atoms with van der Waals surface area (Å²) in [4.78, 5) is 26.4. The van der Waals surface area contributed by atoms with Gasteiger partial charge in [-0.05, 0) is 36.5 Å². The third-order valence-corrected chi connectivity index (χ3v) is 4.66. The molecule has 0 aliphatic carbocycles. The van der Waals surface area contributed by atoms with Crippen LogP contribution in [0.1, 0.15) is 56.3 Å². The fourth-order valence-corrected chi connectivity index (χ4v) is 3.11. The van der Waals surface area contributed by atoms with Crippen molar-refractivity contribution in [2.24, 2.45) is 0 Å². The normalized spacial score (nSPS) is 11.9. The number of benzene rings is 2. The summed E-state index contributed by atoms with van der Waals surface area (Å²) in [6.45, 7) is 9.65. The van der Waals surface area contributed by atoms with E-state index in [2.05, 4.69) is 19.2 Å². The van der Waals surface area contributed by atoms with Crippen molar-refractivity contribution in [2.75, 3.05) is 11.9 Å². The fourth-order valence-electron chi connectivity index (χ4n) is 3.11. The van der Waals surface area contributed by atoms with Crippen molar-refractivity contribution >= 4 is 17.5 Å². The molecule has 26 heavy (non-hydrogen) atoms. The largest absolute Gasteiger partial charge is 0.327 e. The zero-order valence-corrected chi connectivity index (χ0v) is 16.2. The van der Waals surface area contributed by atoms with Crippen molar-refractivity contribution in [2.45, 2.75) is 46.6 Å². The number of anilines is 1. The van der Waals surface area contributed by atoms with Gasteiger partial charge in [0.1, 0.15) is 6.54 Å². The number of nitrogens with zero attached hydrogens (tertiary/aromatic N) is 1. The lowest BCUT2D eigenvalue weighted by Gasteiger charge is -2.28. The van der Waals surface area contributed by atoms with Gasteiger partial charge in [0, 0.05) is 12.6 Å². The first kappa shape index (κ1) is 19.7. The number of carbonyl (C=O) groups is 2. The molecular formula is C22H28N2O2. The van der Waals surface area contributed by atoms with E-state index in [1.807, 2.05) is 62.4 Å². The summed E-state index contributed by atoms with van der Waals surface area (Å²) in [5.74, 6) is 0.00176. The number of nitrogens with one attached hydrogen (secondary N) is 1. The van der Waals surface area contributed by atoms with E-state index < -0.39 is 0 Å². The highest BCUT2D eigenvalue weighted by atomic mass is 16.2. The minimum Gasteiger partial charge on any atom is -0.327 e. The first-order valence-electron chi connectivity index (χ1n) is 9.02. The summed E-state index contributed by atoms with van der Waals surface area (Å²) in [6.07, 6.45) is 0. The smallest absolute Gasteiger partial charge is 0.244 e. The second kappa shape index (κ2) is 8.65. The molecule has 0 aromatic heterocycles. The van der Waals surface area contributed by atoms with E-state index in [0.29, 0.717) is 5.92 Å². The summed E-state index contributed by atoms with van der Waals surface area (Å²) in [6, 6.07) is 15.6. The van der Waals surface area contributed by atoms with E-state index in [4.69, 9.17) is 0 Å². The standard InChI is InChI=1S/C22H28N2O2/c1-15(2)20-13-9-10-16(3)22(20)23-21(26)14-24(18(5)25)17(4)19-11-7-6-8-12-19/h6-13,15,17H,14H2,1-5H3,(H,23,26). The monoisotopic (exact) mass is 352 g/mol. The Kier molecular flexibility index (Phi) is 6.56. The minimum absolute atomic E-state index is 0.0251. The van der Waals surface area contributed by atoms with Crippen LogP contribution in [-0.4, -0.2) is 23.3 Å². The van der Waals surface area contributed by atoms with Crippen molar-refractivity contribution < 1.29 is 9.59 Å². The van der Waals surface area contributed by atoms with Crippen LogP contribution in [0.2, 0.25) is 0 Å². The maximum absolute atomic E-state index is 12.7. The Labute approximate surface area is 156 Å². The predicted molar refractivity (Wildman–Crippen MR) is 106 cm³/mol. The summed E-state index contributed by atoms with van der Waals surface area (Å²) in [7, 11) is 0. The Morgan fingerprint density at radius 1 is 1.00 bits per heavy atom. The van der Waals surface area contributed by atoms with Crippen LogP contribution in [0.4, 0.5) is 5.69 Å². The topological polar surface area (TPSA) is 49.4 Å².